The predicted octanol–water partition coefficient (Wildman–Crippen LogP) is 5.84. The lowest BCUT2D eigenvalue weighted by Crippen LogP contribution is -2.38. The molecule has 1 atom stereocenters. The number of aromatic nitrogens is 2. The molecule has 3 N–H and O–H groups in total. The lowest BCUT2D eigenvalue weighted by Gasteiger charge is -2.38. The largest absolute Gasteiger partial charge is 0.384 e. The number of benzene rings is 2. The second-order valence-corrected chi connectivity index (χ2v) is 12.0. The highest BCUT2D eigenvalue weighted by Gasteiger charge is 2.41. The molecule has 1 aromatic heterocycles. The van der Waals surface area contributed by atoms with Gasteiger partial charge >= 0.3 is 0 Å². The van der Waals surface area contributed by atoms with E-state index >= 15 is 0 Å². The lowest BCUT2D eigenvalue weighted by atomic mass is 9.76. The van der Waals surface area contributed by atoms with Gasteiger partial charge < -0.3 is 11.1 Å². The van der Waals surface area contributed by atoms with E-state index in [2.05, 4.69) is 21.6 Å². The minimum absolute atomic E-state index is 0.0106. The van der Waals surface area contributed by atoms with Crippen molar-refractivity contribution in [2.75, 3.05) is 16.0 Å². The van der Waals surface area contributed by atoms with Gasteiger partial charge in [0.05, 0.1) is 23.3 Å². The van der Waals surface area contributed by atoms with Crippen LogP contribution in [0.25, 0.3) is 0 Å². The van der Waals surface area contributed by atoms with Crippen LogP contribution in [0, 0.1) is 25.2 Å². The summed E-state index contributed by atoms with van der Waals surface area (Å²) < 4.78 is 0.579. The monoisotopic (exact) mass is 576 g/mol. The van der Waals surface area contributed by atoms with Crippen LogP contribution in [-0.4, -0.2) is 27.6 Å². The van der Waals surface area contributed by atoms with E-state index in [-0.39, 0.29) is 28.8 Å². The number of ketones is 1. The number of allylic oxidation sites excluding steroid dienone is 3. The molecular weight excluding hydrogens is 552 g/mol. The molecule has 2 aromatic carbocycles. The van der Waals surface area contributed by atoms with Crippen LogP contribution in [0.15, 0.2) is 69.5 Å². The number of rotatable bonds is 6. The normalized spacial score (nSPS) is 17.2. The van der Waals surface area contributed by atoms with Gasteiger partial charge in [-0.1, -0.05) is 52.9 Å². The smallest absolute Gasteiger partial charge is 0.234 e. The number of anilines is 2. The summed E-state index contributed by atoms with van der Waals surface area (Å²) in [6, 6.07) is 15.2. The van der Waals surface area contributed by atoms with Gasteiger partial charge in [0.25, 0.3) is 0 Å². The van der Waals surface area contributed by atoms with Crippen molar-refractivity contribution >= 4 is 57.2 Å². The number of thioether (sulfide) groups is 1. The Morgan fingerprint density at radius 2 is 1.97 bits per heavy atom. The fourth-order valence-corrected chi connectivity index (χ4v) is 6.59. The van der Waals surface area contributed by atoms with Gasteiger partial charge in [0.2, 0.25) is 11.0 Å². The number of hydrogen-bond acceptors (Lipinski definition) is 9. The Labute approximate surface area is 239 Å². The van der Waals surface area contributed by atoms with E-state index in [1.165, 1.54) is 23.1 Å². The summed E-state index contributed by atoms with van der Waals surface area (Å²) in [7, 11) is 0. The van der Waals surface area contributed by atoms with Gasteiger partial charge in [-0.05, 0) is 67.6 Å². The molecule has 2 heterocycles. The van der Waals surface area contributed by atoms with Gasteiger partial charge in [0.1, 0.15) is 5.82 Å². The van der Waals surface area contributed by atoms with E-state index in [4.69, 9.17) is 17.3 Å². The van der Waals surface area contributed by atoms with Gasteiger partial charge in [-0.2, -0.15) is 5.26 Å². The molecule has 5 rings (SSSR count). The van der Waals surface area contributed by atoms with Crippen LogP contribution >= 0.6 is 34.7 Å². The zero-order valence-electron chi connectivity index (χ0n) is 21.3. The minimum Gasteiger partial charge on any atom is -0.384 e. The fourth-order valence-electron chi connectivity index (χ4n) is 4.79. The number of nitrogens with zero attached hydrogens (tertiary/aromatic N) is 4. The van der Waals surface area contributed by atoms with Crippen molar-refractivity contribution in [3.05, 3.63) is 86.8 Å². The third-order valence-corrected chi connectivity index (χ3v) is 9.11. The molecule has 1 unspecified atom stereocenters. The van der Waals surface area contributed by atoms with Crippen molar-refractivity contribution in [1.29, 1.82) is 5.26 Å². The number of nitrogens with two attached hydrogens (primary N) is 1. The Morgan fingerprint density at radius 3 is 2.69 bits per heavy atom. The van der Waals surface area contributed by atoms with Crippen molar-refractivity contribution in [3.8, 4) is 6.07 Å². The van der Waals surface area contributed by atoms with Crippen LogP contribution in [0.5, 0.6) is 0 Å². The summed E-state index contributed by atoms with van der Waals surface area (Å²) in [5.74, 6) is -0.351. The average Bonchev–Trinajstić information content (AvgIpc) is 3.38. The number of carbonyl (C=O) groups is 2. The number of aryl methyl sites for hydroxylation is 2. The molecule has 0 saturated heterocycles. The first-order valence-electron chi connectivity index (χ1n) is 12.3. The summed E-state index contributed by atoms with van der Waals surface area (Å²) in [6.07, 6.45) is 1.70. The Kier molecular flexibility index (Phi) is 7.75. The third kappa shape index (κ3) is 5.43. The molecule has 0 fully saturated rings. The van der Waals surface area contributed by atoms with E-state index in [0.29, 0.717) is 39.3 Å². The third-order valence-electron chi connectivity index (χ3n) is 6.82. The lowest BCUT2D eigenvalue weighted by molar-refractivity contribution is -0.116. The molecule has 8 nitrogen and oxygen atoms in total. The zero-order valence-corrected chi connectivity index (χ0v) is 23.7. The second-order valence-electron chi connectivity index (χ2n) is 9.35. The van der Waals surface area contributed by atoms with Crippen LogP contribution in [0.3, 0.4) is 0 Å². The number of halogens is 1. The highest BCUT2D eigenvalue weighted by Crippen LogP contribution is 2.47. The molecular formula is C28H25ClN6O2S2. The Hall–Kier alpha value is -3.65. The fraction of sp³-hybridized carbons (Fsp3) is 0.250. The van der Waals surface area contributed by atoms with Crippen LogP contribution in [0.2, 0.25) is 5.02 Å². The Balaban J connectivity index is 1.40. The maximum Gasteiger partial charge on any atom is 0.234 e. The molecule has 11 heteroatoms. The summed E-state index contributed by atoms with van der Waals surface area (Å²) in [5.41, 5.74) is 12.0. The van der Waals surface area contributed by atoms with Gasteiger partial charge in [0.15, 0.2) is 10.1 Å². The molecule has 2 aliphatic rings. The Morgan fingerprint density at radius 1 is 1.21 bits per heavy atom. The summed E-state index contributed by atoms with van der Waals surface area (Å²) >= 11 is 8.62. The SMILES string of the molecule is Cc1ccc(NC(=O)CSc2nnc(N3C(N)=C(C#N)C(c4ccc(Cl)cc4)C4=C3CCCC4=O)s2)cc1C. The zero-order chi connectivity index (χ0) is 27.7. The van der Waals surface area contributed by atoms with Crippen LogP contribution < -0.4 is 16.0 Å². The number of amides is 1. The van der Waals surface area contributed by atoms with Crippen LogP contribution in [0.1, 0.15) is 41.9 Å². The van der Waals surface area contributed by atoms with Crippen molar-refractivity contribution < 1.29 is 9.59 Å². The molecule has 198 valence electrons. The number of carbonyl (C=O) groups excluding carboxylic acids is 2. The number of nitrogens with one attached hydrogen (secondary N) is 1. The highest BCUT2D eigenvalue weighted by molar-refractivity contribution is 8.01. The molecule has 0 spiro atoms. The first-order valence-corrected chi connectivity index (χ1v) is 14.5. The number of nitriles is 1. The molecule has 1 aliphatic carbocycles. The molecule has 3 aromatic rings. The molecule has 0 saturated carbocycles. The van der Waals surface area contributed by atoms with Gasteiger partial charge in [-0.15, -0.1) is 10.2 Å². The van der Waals surface area contributed by atoms with E-state index in [0.717, 1.165) is 28.1 Å². The maximum atomic E-state index is 13.2. The molecule has 0 bridgehead atoms. The molecule has 1 aliphatic heterocycles. The first-order chi connectivity index (χ1) is 18.8. The van der Waals surface area contributed by atoms with Crippen molar-refractivity contribution in [2.45, 2.75) is 43.4 Å². The van der Waals surface area contributed by atoms with E-state index in [1.807, 2.05) is 44.2 Å². The van der Waals surface area contributed by atoms with Crippen LogP contribution in [-0.2, 0) is 9.59 Å². The van der Waals surface area contributed by atoms with Crippen molar-refractivity contribution in [1.82, 2.24) is 10.2 Å². The standard InChI is InChI=1S/C28H25ClN6O2S2/c1-15-6-11-19(12-16(15)2)32-23(37)14-38-28-34-33-27(39-28)35-21-4-3-5-22(36)25(21)24(20(13-30)26(35)31)17-7-9-18(29)10-8-17/h6-12,24H,3-5,14,31H2,1-2H3,(H,32,37). The van der Waals surface area contributed by atoms with Gasteiger partial charge in [-0.25, -0.2) is 0 Å². The van der Waals surface area contributed by atoms with Crippen molar-refractivity contribution in [3.63, 3.8) is 0 Å². The minimum atomic E-state index is -0.567. The second kappa shape index (κ2) is 11.2. The Bertz CT molecular complexity index is 1570. The quantitative estimate of drug-likeness (QED) is 0.350. The number of Topliss-reactive ketones (excluding diaryl/α,β-unsaturated/α-hetero) is 1. The number of hydrogen-bond donors (Lipinski definition) is 2. The average molecular weight is 577 g/mol. The van der Waals surface area contributed by atoms with E-state index in [1.54, 1.807) is 17.0 Å². The molecule has 39 heavy (non-hydrogen) atoms. The summed E-state index contributed by atoms with van der Waals surface area (Å²) in [4.78, 5) is 27.5. The first kappa shape index (κ1) is 26.9. The van der Waals surface area contributed by atoms with E-state index < -0.39 is 5.92 Å². The van der Waals surface area contributed by atoms with Gasteiger partial charge in [-0.3, -0.25) is 14.5 Å². The van der Waals surface area contributed by atoms with Gasteiger partial charge in [0, 0.05) is 28.4 Å². The predicted molar refractivity (Wildman–Crippen MR) is 155 cm³/mol. The summed E-state index contributed by atoms with van der Waals surface area (Å²) in [6.45, 7) is 4.02. The molecule has 1 amide bonds. The van der Waals surface area contributed by atoms with Crippen LogP contribution in [0.4, 0.5) is 10.8 Å². The maximum absolute atomic E-state index is 13.2. The highest BCUT2D eigenvalue weighted by atomic mass is 35.5. The topological polar surface area (TPSA) is 125 Å². The van der Waals surface area contributed by atoms with Crippen molar-refractivity contribution in [2.24, 2.45) is 5.73 Å². The summed E-state index contributed by atoms with van der Waals surface area (Å²) in [5, 5.41) is 22.6. The van der Waals surface area contributed by atoms with E-state index in [9.17, 15) is 14.9 Å². The molecule has 0 radical (unpaired) electrons.